The summed E-state index contributed by atoms with van der Waals surface area (Å²) in [7, 11) is 0. The average Bonchev–Trinajstić information content (AvgIpc) is 3.20. The van der Waals surface area contributed by atoms with Crippen molar-refractivity contribution in [2.75, 3.05) is 6.54 Å². The number of carbonyl (C=O) groups is 1. The van der Waals surface area contributed by atoms with Crippen molar-refractivity contribution < 1.29 is 4.79 Å². The van der Waals surface area contributed by atoms with E-state index in [2.05, 4.69) is 33.2 Å². The van der Waals surface area contributed by atoms with Gasteiger partial charge in [0, 0.05) is 12.7 Å². The molecule has 3 heterocycles. The molecule has 1 atom stereocenters. The zero-order chi connectivity index (χ0) is 15.8. The fourth-order valence-corrected chi connectivity index (χ4v) is 3.16. The number of amides is 1. The van der Waals surface area contributed by atoms with Crippen LogP contribution in [-0.4, -0.2) is 37.5 Å². The van der Waals surface area contributed by atoms with E-state index in [-0.39, 0.29) is 11.9 Å². The Hall–Kier alpha value is -2.76. The van der Waals surface area contributed by atoms with E-state index in [1.165, 1.54) is 5.56 Å². The Morgan fingerprint density at radius 3 is 3.09 bits per heavy atom. The van der Waals surface area contributed by atoms with E-state index in [0.29, 0.717) is 5.69 Å². The Morgan fingerprint density at radius 1 is 1.35 bits per heavy atom. The molecule has 3 aromatic rings. The molecule has 0 bridgehead atoms. The van der Waals surface area contributed by atoms with Crippen LogP contribution < -0.4 is 0 Å². The van der Waals surface area contributed by atoms with Crippen LogP contribution in [0, 0.1) is 6.92 Å². The molecule has 1 fully saturated rings. The number of H-pyrrole nitrogens is 1. The van der Waals surface area contributed by atoms with Crippen molar-refractivity contribution in [1.29, 1.82) is 0 Å². The van der Waals surface area contributed by atoms with Crippen LogP contribution in [0.4, 0.5) is 0 Å². The summed E-state index contributed by atoms with van der Waals surface area (Å²) in [5.41, 5.74) is 3.51. The molecule has 0 radical (unpaired) electrons. The standard InChI is InChI=1S/C17H17N5O/c1-11-6-7-12-14(10-11)20-16(19-12)15-5-3-9-22(15)17(23)13-4-2-8-18-21-13/h2,4,6-8,10,15H,3,5,9H2,1H3,(H,19,20)/t15-/m1/s1. The number of imidazole rings is 1. The summed E-state index contributed by atoms with van der Waals surface area (Å²) in [6.07, 6.45) is 3.44. The first-order valence-electron chi connectivity index (χ1n) is 7.77. The number of aromatic amines is 1. The highest BCUT2D eigenvalue weighted by Crippen LogP contribution is 2.32. The van der Waals surface area contributed by atoms with Gasteiger partial charge in [-0.3, -0.25) is 4.79 Å². The number of hydrogen-bond donors (Lipinski definition) is 1. The number of likely N-dealkylation sites (tertiary alicyclic amines) is 1. The van der Waals surface area contributed by atoms with Crippen molar-refractivity contribution in [3.05, 3.63) is 53.6 Å². The lowest BCUT2D eigenvalue weighted by Gasteiger charge is -2.22. The second-order valence-electron chi connectivity index (χ2n) is 5.91. The minimum atomic E-state index is -0.0859. The number of hydrogen-bond acceptors (Lipinski definition) is 4. The lowest BCUT2D eigenvalue weighted by molar-refractivity contribution is 0.0723. The molecular formula is C17H17N5O. The Bertz CT molecular complexity index is 858. The van der Waals surface area contributed by atoms with Gasteiger partial charge < -0.3 is 9.88 Å². The first-order valence-corrected chi connectivity index (χ1v) is 7.77. The molecule has 0 saturated carbocycles. The number of nitrogens with zero attached hydrogens (tertiary/aromatic N) is 4. The maximum absolute atomic E-state index is 12.7. The molecule has 0 aliphatic carbocycles. The van der Waals surface area contributed by atoms with E-state index in [4.69, 9.17) is 0 Å². The van der Waals surface area contributed by atoms with Gasteiger partial charge in [-0.25, -0.2) is 4.98 Å². The molecule has 1 saturated heterocycles. The number of nitrogens with one attached hydrogen (secondary N) is 1. The first kappa shape index (κ1) is 13.9. The summed E-state index contributed by atoms with van der Waals surface area (Å²) in [6, 6.07) is 9.54. The second kappa shape index (κ2) is 5.46. The van der Waals surface area contributed by atoms with Crippen molar-refractivity contribution >= 4 is 16.9 Å². The summed E-state index contributed by atoms with van der Waals surface area (Å²) < 4.78 is 0. The third kappa shape index (κ3) is 2.46. The van der Waals surface area contributed by atoms with E-state index in [0.717, 1.165) is 36.2 Å². The van der Waals surface area contributed by atoms with Crippen LogP contribution in [0.5, 0.6) is 0 Å². The lowest BCUT2D eigenvalue weighted by Crippen LogP contribution is -2.31. The van der Waals surface area contributed by atoms with Gasteiger partial charge in [-0.05, 0) is 49.6 Å². The molecule has 1 aliphatic heterocycles. The third-order valence-electron chi connectivity index (χ3n) is 4.28. The van der Waals surface area contributed by atoms with Crippen LogP contribution in [0.3, 0.4) is 0 Å². The quantitative estimate of drug-likeness (QED) is 0.789. The highest BCUT2D eigenvalue weighted by Gasteiger charge is 2.33. The molecule has 1 aromatic carbocycles. The third-order valence-corrected chi connectivity index (χ3v) is 4.28. The molecule has 1 amide bonds. The summed E-state index contributed by atoms with van der Waals surface area (Å²) in [5, 5.41) is 7.73. The lowest BCUT2D eigenvalue weighted by atomic mass is 10.2. The van der Waals surface area contributed by atoms with Gasteiger partial charge in [0.2, 0.25) is 0 Å². The zero-order valence-electron chi connectivity index (χ0n) is 12.9. The van der Waals surface area contributed by atoms with Crippen LogP contribution in [-0.2, 0) is 0 Å². The van der Waals surface area contributed by atoms with Gasteiger partial charge in [-0.1, -0.05) is 6.07 Å². The molecule has 2 aromatic heterocycles. The Morgan fingerprint density at radius 2 is 2.26 bits per heavy atom. The number of aromatic nitrogens is 4. The molecule has 1 aliphatic rings. The van der Waals surface area contributed by atoms with Gasteiger partial charge >= 0.3 is 0 Å². The Kier molecular flexibility index (Phi) is 3.29. The van der Waals surface area contributed by atoms with Crippen LogP contribution in [0.25, 0.3) is 11.0 Å². The fraction of sp³-hybridized carbons (Fsp3) is 0.294. The van der Waals surface area contributed by atoms with Gasteiger partial charge in [0.1, 0.15) is 5.82 Å². The smallest absolute Gasteiger partial charge is 0.274 e. The van der Waals surface area contributed by atoms with E-state index < -0.39 is 0 Å². The summed E-state index contributed by atoms with van der Waals surface area (Å²) in [4.78, 5) is 22.6. The average molecular weight is 307 g/mol. The van der Waals surface area contributed by atoms with Gasteiger partial charge in [-0.15, -0.1) is 5.10 Å². The molecule has 116 valence electrons. The molecule has 0 unspecified atom stereocenters. The molecule has 6 heteroatoms. The topological polar surface area (TPSA) is 74.8 Å². The Balaban J connectivity index is 1.67. The highest BCUT2D eigenvalue weighted by molar-refractivity contribution is 5.92. The molecule has 23 heavy (non-hydrogen) atoms. The van der Waals surface area contributed by atoms with Gasteiger partial charge in [0.05, 0.1) is 17.1 Å². The second-order valence-corrected chi connectivity index (χ2v) is 5.91. The molecule has 4 rings (SSSR count). The normalized spacial score (nSPS) is 17.8. The number of rotatable bonds is 2. The fourth-order valence-electron chi connectivity index (χ4n) is 3.16. The van der Waals surface area contributed by atoms with Gasteiger partial charge in [-0.2, -0.15) is 5.10 Å². The minimum absolute atomic E-state index is 0.0304. The first-order chi connectivity index (χ1) is 11.2. The van der Waals surface area contributed by atoms with Crippen molar-refractivity contribution in [2.24, 2.45) is 0 Å². The predicted octanol–water partition coefficient (Wildman–Crippen LogP) is 2.64. The summed E-state index contributed by atoms with van der Waals surface area (Å²) >= 11 is 0. The zero-order valence-corrected chi connectivity index (χ0v) is 12.9. The van der Waals surface area contributed by atoms with Crippen molar-refractivity contribution in [1.82, 2.24) is 25.1 Å². The minimum Gasteiger partial charge on any atom is -0.340 e. The van der Waals surface area contributed by atoms with Gasteiger partial charge in [0.15, 0.2) is 5.69 Å². The van der Waals surface area contributed by atoms with Crippen molar-refractivity contribution in [3.8, 4) is 0 Å². The van der Waals surface area contributed by atoms with Crippen LogP contribution in [0.1, 0.15) is 40.8 Å². The van der Waals surface area contributed by atoms with Gasteiger partial charge in [0.25, 0.3) is 5.91 Å². The van der Waals surface area contributed by atoms with E-state index in [9.17, 15) is 4.79 Å². The predicted molar refractivity (Wildman–Crippen MR) is 85.9 cm³/mol. The summed E-state index contributed by atoms with van der Waals surface area (Å²) in [5.74, 6) is 0.762. The highest BCUT2D eigenvalue weighted by atomic mass is 16.2. The molecule has 1 N–H and O–H groups in total. The number of aryl methyl sites for hydroxylation is 1. The largest absolute Gasteiger partial charge is 0.340 e. The molecule has 0 spiro atoms. The number of fused-ring (bicyclic) bond motifs is 1. The maximum atomic E-state index is 12.7. The maximum Gasteiger partial charge on any atom is 0.274 e. The summed E-state index contributed by atoms with van der Waals surface area (Å²) in [6.45, 7) is 2.77. The number of carbonyl (C=O) groups excluding carboxylic acids is 1. The van der Waals surface area contributed by atoms with Crippen molar-refractivity contribution in [2.45, 2.75) is 25.8 Å². The molecular weight excluding hydrogens is 290 g/mol. The Labute approximate surface area is 133 Å². The van der Waals surface area contributed by atoms with Crippen molar-refractivity contribution in [3.63, 3.8) is 0 Å². The van der Waals surface area contributed by atoms with Crippen LogP contribution in [0.15, 0.2) is 36.5 Å². The van der Waals surface area contributed by atoms with E-state index in [1.54, 1.807) is 18.3 Å². The SMILES string of the molecule is Cc1ccc2nc([C@H]3CCCN3C(=O)c3cccnn3)[nH]c2c1. The molecule has 6 nitrogen and oxygen atoms in total. The van der Waals surface area contributed by atoms with E-state index in [1.807, 2.05) is 17.0 Å². The number of benzene rings is 1. The monoisotopic (exact) mass is 307 g/mol. The van der Waals surface area contributed by atoms with Crippen LogP contribution in [0.2, 0.25) is 0 Å². The van der Waals surface area contributed by atoms with Crippen LogP contribution >= 0.6 is 0 Å². The van der Waals surface area contributed by atoms with E-state index >= 15 is 0 Å².